The molecule has 0 bridgehead atoms. The maximum atomic E-state index is 12.3. The molecule has 1 aliphatic heterocycles. The topological polar surface area (TPSA) is 87.5 Å². The molecule has 0 radical (unpaired) electrons. The van der Waals surface area contributed by atoms with Crippen molar-refractivity contribution in [3.8, 4) is 0 Å². The first-order chi connectivity index (χ1) is 11.5. The number of amides is 3. The molecule has 2 fully saturated rings. The summed E-state index contributed by atoms with van der Waals surface area (Å²) in [4.78, 5) is 26.4. The Morgan fingerprint density at radius 2 is 1.79 bits per heavy atom. The van der Waals surface area contributed by atoms with Crippen LogP contribution in [0.1, 0.15) is 37.7 Å². The second-order valence-electron chi connectivity index (χ2n) is 6.87. The number of hydrogen-bond donors (Lipinski definition) is 3. The Labute approximate surface area is 142 Å². The van der Waals surface area contributed by atoms with E-state index < -0.39 is 0 Å². The maximum Gasteiger partial charge on any atom is 0.321 e. The molecule has 1 aromatic rings. The maximum absolute atomic E-state index is 12.3. The molecule has 1 unspecified atom stereocenters. The molecular weight excluding hydrogens is 304 g/mol. The zero-order valence-electron chi connectivity index (χ0n) is 14.2. The van der Waals surface area contributed by atoms with Crippen molar-refractivity contribution in [2.45, 2.75) is 45.1 Å². The quantitative estimate of drug-likeness (QED) is 0.796. The molecule has 1 saturated carbocycles. The largest absolute Gasteiger partial charge is 0.326 e. The van der Waals surface area contributed by atoms with E-state index in [-0.39, 0.29) is 23.9 Å². The number of carbonyl (C=O) groups is 2. The highest BCUT2D eigenvalue weighted by Crippen LogP contribution is 2.28. The third-order valence-corrected chi connectivity index (χ3v) is 5.07. The van der Waals surface area contributed by atoms with Gasteiger partial charge in [-0.1, -0.05) is 18.9 Å². The summed E-state index contributed by atoms with van der Waals surface area (Å²) in [5.41, 5.74) is 8.22. The number of rotatable bonds is 3. The third kappa shape index (κ3) is 3.70. The fourth-order valence-corrected chi connectivity index (χ4v) is 3.50. The Morgan fingerprint density at radius 3 is 2.42 bits per heavy atom. The molecule has 1 atom stereocenters. The van der Waals surface area contributed by atoms with Crippen molar-refractivity contribution in [2.24, 2.45) is 11.7 Å². The first-order valence-corrected chi connectivity index (χ1v) is 8.76. The van der Waals surface area contributed by atoms with E-state index in [9.17, 15) is 9.59 Å². The highest BCUT2D eigenvalue weighted by molar-refractivity contribution is 5.96. The Balaban J connectivity index is 1.66. The number of nitrogens with one attached hydrogen (secondary N) is 2. The van der Waals surface area contributed by atoms with E-state index in [4.69, 9.17) is 5.73 Å². The van der Waals surface area contributed by atoms with Crippen LogP contribution in [0.4, 0.5) is 16.2 Å². The lowest BCUT2D eigenvalue weighted by molar-refractivity contribution is -0.119. The molecular formula is C18H26N4O2. The number of benzene rings is 1. The predicted octanol–water partition coefficient (Wildman–Crippen LogP) is 2.69. The molecule has 2 aliphatic rings. The smallest absolute Gasteiger partial charge is 0.321 e. The second-order valence-corrected chi connectivity index (χ2v) is 6.87. The van der Waals surface area contributed by atoms with E-state index in [2.05, 4.69) is 10.6 Å². The van der Waals surface area contributed by atoms with Crippen molar-refractivity contribution in [1.29, 1.82) is 0 Å². The number of nitrogens with zero attached hydrogens (tertiary/aromatic N) is 1. The normalized spacial score (nSPS) is 21.1. The fourth-order valence-electron chi connectivity index (χ4n) is 3.50. The van der Waals surface area contributed by atoms with E-state index >= 15 is 0 Å². The zero-order chi connectivity index (χ0) is 17.1. The predicted molar refractivity (Wildman–Crippen MR) is 95.0 cm³/mol. The van der Waals surface area contributed by atoms with Crippen molar-refractivity contribution in [3.05, 3.63) is 23.8 Å². The third-order valence-electron chi connectivity index (χ3n) is 5.07. The number of anilines is 2. The highest BCUT2D eigenvalue weighted by atomic mass is 16.2. The van der Waals surface area contributed by atoms with Crippen LogP contribution in [0.3, 0.4) is 0 Å². The molecule has 1 heterocycles. The summed E-state index contributed by atoms with van der Waals surface area (Å²) in [6.45, 7) is 3.18. The Morgan fingerprint density at radius 1 is 1.12 bits per heavy atom. The molecule has 6 nitrogen and oxygen atoms in total. The molecule has 1 saturated heterocycles. The van der Waals surface area contributed by atoms with Crippen LogP contribution < -0.4 is 16.4 Å². The van der Waals surface area contributed by atoms with Crippen LogP contribution in [0.5, 0.6) is 0 Å². The van der Waals surface area contributed by atoms with Gasteiger partial charge in [-0.25, -0.2) is 4.79 Å². The molecule has 6 heteroatoms. The van der Waals surface area contributed by atoms with Crippen molar-refractivity contribution in [1.82, 2.24) is 4.90 Å². The van der Waals surface area contributed by atoms with E-state index in [1.165, 1.54) is 0 Å². The molecule has 4 N–H and O–H groups in total. The molecule has 0 spiro atoms. The minimum absolute atomic E-state index is 0.0638. The minimum Gasteiger partial charge on any atom is -0.326 e. The lowest BCUT2D eigenvalue weighted by Gasteiger charge is -2.19. The minimum atomic E-state index is -0.134. The van der Waals surface area contributed by atoms with Gasteiger partial charge in [0.1, 0.15) is 0 Å². The summed E-state index contributed by atoms with van der Waals surface area (Å²) in [6, 6.07) is 5.51. The molecule has 130 valence electrons. The number of urea groups is 1. The van der Waals surface area contributed by atoms with Gasteiger partial charge in [-0.15, -0.1) is 0 Å². The number of carbonyl (C=O) groups excluding carboxylic acids is 2. The van der Waals surface area contributed by atoms with Gasteiger partial charge >= 0.3 is 6.03 Å². The summed E-state index contributed by atoms with van der Waals surface area (Å²) in [5, 5.41) is 5.95. The molecule has 3 amide bonds. The Kier molecular flexibility index (Phi) is 5.04. The zero-order valence-corrected chi connectivity index (χ0v) is 14.2. The van der Waals surface area contributed by atoms with Crippen LogP contribution in [-0.2, 0) is 4.79 Å². The average molecular weight is 330 g/mol. The van der Waals surface area contributed by atoms with Crippen LogP contribution in [0.15, 0.2) is 18.2 Å². The monoisotopic (exact) mass is 330 g/mol. The van der Waals surface area contributed by atoms with Gasteiger partial charge in [-0.05, 0) is 43.9 Å². The average Bonchev–Trinajstić information content (AvgIpc) is 3.22. The molecule has 1 aromatic carbocycles. The van der Waals surface area contributed by atoms with Gasteiger partial charge in [0.05, 0.1) is 0 Å². The summed E-state index contributed by atoms with van der Waals surface area (Å²) in [7, 11) is 0. The Bertz CT molecular complexity index is 625. The van der Waals surface area contributed by atoms with E-state index in [1.807, 2.05) is 25.1 Å². The van der Waals surface area contributed by atoms with Crippen LogP contribution in [-0.4, -0.2) is 36.0 Å². The van der Waals surface area contributed by atoms with Gasteiger partial charge in [0, 0.05) is 36.4 Å². The van der Waals surface area contributed by atoms with Gasteiger partial charge in [0.25, 0.3) is 0 Å². The highest BCUT2D eigenvalue weighted by Gasteiger charge is 2.25. The number of hydrogen-bond acceptors (Lipinski definition) is 3. The summed E-state index contributed by atoms with van der Waals surface area (Å²) in [5.74, 6) is 0.207. The van der Waals surface area contributed by atoms with Crippen LogP contribution in [0.2, 0.25) is 0 Å². The standard InChI is InChI=1S/C18H26N4O2/c1-12-15(20-17(23)13-5-2-3-6-13)7-4-8-16(12)21-18(24)22-10-9-14(19)11-22/h4,7-8,13-14H,2-3,5-6,9-11,19H2,1H3,(H,20,23)(H,21,24). The summed E-state index contributed by atoms with van der Waals surface area (Å²) >= 11 is 0. The van der Waals surface area contributed by atoms with Gasteiger partial charge in [-0.2, -0.15) is 0 Å². The van der Waals surface area contributed by atoms with Crippen LogP contribution in [0, 0.1) is 12.8 Å². The van der Waals surface area contributed by atoms with Crippen molar-refractivity contribution in [2.75, 3.05) is 23.7 Å². The van der Waals surface area contributed by atoms with Crippen LogP contribution in [0.25, 0.3) is 0 Å². The first kappa shape index (κ1) is 16.8. The van der Waals surface area contributed by atoms with Gasteiger partial charge in [0.15, 0.2) is 0 Å². The molecule has 3 rings (SSSR count). The van der Waals surface area contributed by atoms with E-state index in [0.29, 0.717) is 13.1 Å². The van der Waals surface area contributed by atoms with Crippen LogP contribution >= 0.6 is 0 Å². The van der Waals surface area contributed by atoms with Gasteiger partial charge in [-0.3, -0.25) is 4.79 Å². The fraction of sp³-hybridized carbons (Fsp3) is 0.556. The molecule has 24 heavy (non-hydrogen) atoms. The van der Waals surface area contributed by atoms with Crippen molar-refractivity contribution in [3.63, 3.8) is 0 Å². The van der Waals surface area contributed by atoms with E-state index in [1.54, 1.807) is 4.90 Å². The Hall–Kier alpha value is -2.08. The van der Waals surface area contributed by atoms with Crippen molar-refractivity contribution >= 4 is 23.3 Å². The molecule has 0 aromatic heterocycles. The summed E-state index contributed by atoms with van der Waals surface area (Å²) in [6.07, 6.45) is 5.03. The lowest BCUT2D eigenvalue weighted by Crippen LogP contribution is -2.35. The second kappa shape index (κ2) is 7.21. The van der Waals surface area contributed by atoms with E-state index in [0.717, 1.165) is 49.0 Å². The van der Waals surface area contributed by atoms with Gasteiger partial charge < -0.3 is 21.3 Å². The van der Waals surface area contributed by atoms with Gasteiger partial charge in [0.2, 0.25) is 5.91 Å². The first-order valence-electron chi connectivity index (χ1n) is 8.76. The summed E-state index contributed by atoms with van der Waals surface area (Å²) < 4.78 is 0. The number of likely N-dealkylation sites (tertiary alicyclic amines) is 1. The lowest BCUT2D eigenvalue weighted by atomic mass is 10.1. The van der Waals surface area contributed by atoms with Crippen molar-refractivity contribution < 1.29 is 9.59 Å². The number of nitrogens with two attached hydrogens (primary N) is 1. The molecule has 1 aliphatic carbocycles. The SMILES string of the molecule is Cc1c(NC(=O)C2CCCC2)cccc1NC(=O)N1CCC(N)C1.